The van der Waals surface area contributed by atoms with Crippen LogP contribution in [-0.2, 0) is 0 Å². The van der Waals surface area contributed by atoms with Crippen molar-refractivity contribution in [3.05, 3.63) is 103 Å². The van der Waals surface area contributed by atoms with Gasteiger partial charge in [-0.15, -0.1) is 0 Å². The Balaban J connectivity index is 1.62. The predicted molar refractivity (Wildman–Crippen MR) is 114 cm³/mol. The fourth-order valence-electron chi connectivity index (χ4n) is 3.54. The maximum atomic E-state index is 4.89. The Morgan fingerprint density at radius 2 is 1.19 bits per heavy atom. The average molecular weight is 346 g/mol. The monoisotopic (exact) mass is 346 g/mol. The smallest absolute Gasteiger partial charge is 0.138 e. The molecule has 0 aliphatic heterocycles. The summed E-state index contributed by atoms with van der Waals surface area (Å²) in [6.07, 6.45) is 0. The van der Waals surface area contributed by atoms with E-state index in [4.69, 9.17) is 4.98 Å². The predicted octanol–water partition coefficient (Wildman–Crippen LogP) is 6.80. The molecule has 1 aromatic heterocycles. The summed E-state index contributed by atoms with van der Waals surface area (Å²) in [7, 11) is 0. The second-order valence-corrected chi connectivity index (χ2v) is 6.59. The Morgan fingerprint density at radius 1 is 0.519 bits per heavy atom. The van der Waals surface area contributed by atoms with Gasteiger partial charge in [0.2, 0.25) is 0 Å². The van der Waals surface area contributed by atoms with Crippen molar-refractivity contribution < 1.29 is 0 Å². The van der Waals surface area contributed by atoms with Crippen LogP contribution in [0.5, 0.6) is 0 Å². The number of hydrogen-bond donors (Lipinski definition) is 1. The van der Waals surface area contributed by atoms with Crippen molar-refractivity contribution in [1.82, 2.24) is 4.98 Å². The molecule has 0 bridgehead atoms. The van der Waals surface area contributed by atoms with E-state index in [9.17, 15) is 0 Å². The number of benzene rings is 4. The molecule has 0 aliphatic rings. The van der Waals surface area contributed by atoms with E-state index in [-0.39, 0.29) is 0 Å². The molecule has 5 rings (SSSR count). The van der Waals surface area contributed by atoms with E-state index in [1.54, 1.807) is 0 Å². The number of pyridine rings is 1. The van der Waals surface area contributed by atoms with Crippen molar-refractivity contribution >= 4 is 33.2 Å². The van der Waals surface area contributed by atoms with Gasteiger partial charge in [0.25, 0.3) is 0 Å². The van der Waals surface area contributed by atoms with Crippen molar-refractivity contribution in [2.24, 2.45) is 0 Å². The molecule has 0 fully saturated rings. The molecule has 4 aromatic carbocycles. The van der Waals surface area contributed by atoms with Gasteiger partial charge >= 0.3 is 0 Å². The zero-order valence-electron chi connectivity index (χ0n) is 14.8. The van der Waals surface area contributed by atoms with Crippen LogP contribution >= 0.6 is 0 Å². The van der Waals surface area contributed by atoms with Gasteiger partial charge in [0.05, 0.1) is 5.52 Å². The van der Waals surface area contributed by atoms with E-state index in [0.29, 0.717) is 0 Å². The summed E-state index contributed by atoms with van der Waals surface area (Å²) >= 11 is 0. The summed E-state index contributed by atoms with van der Waals surface area (Å²) in [4.78, 5) is 4.89. The highest BCUT2D eigenvalue weighted by Crippen LogP contribution is 2.31. The zero-order chi connectivity index (χ0) is 18.1. The van der Waals surface area contributed by atoms with Crippen LogP contribution < -0.4 is 5.32 Å². The number of rotatable bonds is 3. The maximum Gasteiger partial charge on any atom is 0.138 e. The molecule has 0 amide bonds. The molecular weight excluding hydrogens is 328 g/mol. The molecule has 1 heterocycles. The maximum absolute atomic E-state index is 4.89. The molecule has 0 saturated heterocycles. The number of aromatic nitrogens is 1. The third-order valence-electron chi connectivity index (χ3n) is 4.84. The highest BCUT2D eigenvalue weighted by molar-refractivity contribution is 6.10. The number of anilines is 2. The SMILES string of the molecule is c1ccc(-c2cccc(Nc3nc4ccccc4c4ccccc34)c2)cc1. The van der Waals surface area contributed by atoms with Gasteiger partial charge < -0.3 is 5.32 Å². The number of fused-ring (bicyclic) bond motifs is 3. The lowest BCUT2D eigenvalue weighted by atomic mass is 10.0. The van der Waals surface area contributed by atoms with Crippen molar-refractivity contribution in [2.45, 2.75) is 0 Å². The second kappa shape index (κ2) is 6.58. The largest absolute Gasteiger partial charge is 0.340 e. The standard InChI is InChI=1S/C25H18N2/c1-2-9-18(10-3-1)19-11-8-12-20(17-19)26-25-23-15-5-4-13-21(23)22-14-6-7-16-24(22)27-25/h1-17H,(H,26,27). The van der Waals surface area contributed by atoms with Gasteiger partial charge in [-0.3, -0.25) is 0 Å². The molecule has 5 aromatic rings. The van der Waals surface area contributed by atoms with Crippen LogP contribution in [0.1, 0.15) is 0 Å². The number of para-hydroxylation sites is 1. The second-order valence-electron chi connectivity index (χ2n) is 6.59. The van der Waals surface area contributed by atoms with E-state index in [1.807, 2.05) is 12.1 Å². The summed E-state index contributed by atoms with van der Waals surface area (Å²) in [6.45, 7) is 0. The van der Waals surface area contributed by atoms with Gasteiger partial charge in [0, 0.05) is 16.5 Å². The molecule has 27 heavy (non-hydrogen) atoms. The lowest BCUT2D eigenvalue weighted by Gasteiger charge is -2.12. The van der Waals surface area contributed by atoms with Crippen LogP contribution in [0.4, 0.5) is 11.5 Å². The zero-order valence-corrected chi connectivity index (χ0v) is 14.8. The Labute approximate surface area is 158 Å². The Hall–Kier alpha value is -3.65. The van der Waals surface area contributed by atoms with Crippen LogP contribution in [0.15, 0.2) is 103 Å². The Bertz CT molecular complexity index is 1240. The molecule has 128 valence electrons. The molecular formula is C25H18N2. The minimum atomic E-state index is 0.884. The van der Waals surface area contributed by atoms with E-state index >= 15 is 0 Å². The Morgan fingerprint density at radius 3 is 2.04 bits per heavy atom. The van der Waals surface area contributed by atoms with E-state index in [1.165, 1.54) is 21.9 Å². The van der Waals surface area contributed by atoms with Crippen LogP contribution in [0.2, 0.25) is 0 Å². The summed E-state index contributed by atoms with van der Waals surface area (Å²) < 4.78 is 0. The fraction of sp³-hybridized carbons (Fsp3) is 0. The van der Waals surface area contributed by atoms with Gasteiger partial charge in [-0.1, -0.05) is 84.9 Å². The van der Waals surface area contributed by atoms with Crippen LogP contribution in [0, 0.1) is 0 Å². The van der Waals surface area contributed by atoms with Crippen molar-refractivity contribution in [3.63, 3.8) is 0 Å². The van der Waals surface area contributed by atoms with Crippen molar-refractivity contribution in [2.75, 3.05) is 5.32 Å². The summed E-state index contributed by atoms with van der Waals surface area (Å²) in [5, 5.41) is 7.05. The van der Waals surface area contributed by atoms with Crippen molar-refractivity contribution in [1.29, 1.82) is 0 Å². The normalized spacial score (nSPS) is 11.0. The summed E-state index contributed by atoms with van der Waals surface area (Å²) in [5.74, 6) is 0.884. The first kappa shape index (κ1) is 15.6. The highest BCUT2D eigenvalue weighted by atomic mass is 15.0. The van der Waals surface area contributed by atoms with Gasteiger partial charge in [-0.25, -0.2) is 4.98 Å². The third-order valence-corrected chi connectivity index (χ3v) is 4.84. The molecule has 0 aliphatic carbocycles. The van der Waals surface area contributed by atoms with E-state index in [0.717, 1.165) is 22.4 Å². The first-order valence-corrected chi connectivity index (χ1v) is 9.08. The molecule has 0 atom stereocenters. The molecule has 1 N–H and O–H groups in total. The minimum absolute atomic E-state index is 0.884. The quantitative estimate of drug-likeness (QED) is 0.363. The molecule has 0 radical (unpaired) electrons. The molecule has 2 nitrogen and oxygen atoms in total. The van der Waals surface area contributed by atoms with Crippen LogP contribution in [-0.4, -0.2) is 4.98 Å². The fourth-order valence-corrected chi connectivity index (χ4v) is 3.54. The first-order chi connectivity index (χ1) is 13.4. The number of hydrogen-bond acceptors (Lipinski definition) is 2. The van der Waals surface area contributed by atoms with Gasteiger partial charge in [-0.2, -0.15) is 0 Å². The van der Waals surface area contributed by atoms with Crippen LogP contribution in [0.25, 0.3) is 32.8 Å². The molecule has 0 unspecified atom stereocenters. The average Bonchev–Trinajstić information content (AvgIpc) is 2.75. The number of nitrogens with zero attached hydrogens (tertiary/aromatic N) is 1. The van der Waals surface area contributed by atoms with Crippen LogP contribution in [0.3, 0.4) is 0 Å². The Kier molecular flexibility index (Phi) is 3.80. The molecule has 2 heteroatoms. The third kappa shape index (κ3) is 2.91. The summed E-state index contributed by atoms with van der Waals surface area (Å²) in [6, 6.07) is 35.6. The lowest BCUT2D eigenvalue weighted by molar-refractivity contribution is 1.40. The van der Waals surface area contributed by atoms with E-state index < -0.39 is 0 Å². The van der Waals surface area contributed by atoms with E-state index in [2.05, 4.69) is 96.3 Å². The van der Waals surface area contributed by atoms with Crippen molar-refractivity contribution in [3.8, 4) is 11.1 Å². The molecule has 0 saturated carbocycles. The highest BCUT2D eigenvalue weighted by Gasteiger charge is 2.08. The molecule has 0 spiro atoms. The lowest BCUT2D eigenvalue weighted by Crippen LogP contribution is -1.96. The number of nitrogens with one attached hydrogen (secondary N) is 1. The van der Waals surface area contributed by atoms with Gasteiger partial charge in [-0.05, 0) is 34.7 Å². The van der Waals surface area contributed by atoms with Gasteiger partial charge in [0.15, 0.2) is 0 Å². The minimum Gasteiger partial charge on any atom is -0.340 e. The first-order valence-electron chi connectivity index (χ1n) is 9.08. The van der Waals surface area contributed by atoms with Gasteiger partial charge in [0.1, 0.15) is 5.82 Å². The topological polar surface area (TPSA) is 24.9 Å². The summed E-state index contributed by atoms with van der Waals surface area (Å²) in [5.41, 5.74) is 4.42.